The molecule has 66 valence electrons. The number of morpholine rings is 1. The Bertz CT molecular complexity index is 92.1. The average Bonchev–Trinajstić information content (AvgIpc) is 2.07. The van der Waals surface area contributed by atoms with E-state index in [0.717, 1.165) is 39.2 Å². The second kappa shape index (κ2) is 5.52. The van der Waals surface area contributed by atoms with Gasteiger partial charge >= 0.3 is 0 Å². The van der Waals surface area contributed by atoms with Crippen LogP contribution in [0.2, 0.25) is 0 Å². The molecule has 0 aromatic rings. The van der Waals surface area contributed by atoms with E-state index in [4.69, 9.17) is 9.47 Å². The maximum atomic E-state index is 5.31. The number of rotatable bonds is 4. The molecule has 0 amide bonds. The van der Waals surface area contributed by atoms with E-state index in [0.29, 0.717) is 6.04 Å². The molecule has 0 saturated carbocycles. The van der Waals surface area contributed by atoms with Crippen molar-refractivity contribution in [3.8, 4) is 0 Å². The summed E-state index contributed by atoms with van der Waals surface area (Å²) in [6, 6.07) is 0.555. The number of methoxy groups -OCH3 is 1. The molecule has 3 heteroatoms. The van der Waals surface area contributed by atoms with E-state index in [1.807, 2.05) is 0 Å². The zero-order valence-electron chi connectivity index (χ0n) is 7.14. The largest absolute Gasteiger partial charge is 0.385 e. The van der Waals surface area contributed by atoms with Gasteiger partial charge in [-0.15, -0.1) is 0 Å². The van der Waals surface area contributed by atoms with Gasteiger partial charge in [-0.1, -0.05) is 0 Å². The van der Waals surface area contributed by atoms with Crippen molar-refractivity contribution in [2.75, 3.05) is 33.5 Å². The van der Waals surface area contributed by atoms with E-state index in [2.05, 4.69) is 5.32 Å². The SMILES string of the molecule is COCCCC1COCCN1. The first-order valence-corrected chi connectivity index (χ1v) is 4.23. The highest BCUT2D eigenvalue weighted by Crippen LogP contribution is 2.01. The molecule has 1 saturated heterocycles. The summed E-state index contributed by atoms with van der Waals surface area (Å²) in [7, 11) is 1.74. The van der Waals surface area contributed by atoms with Crippen LogP contribution in [0.3, 0.4) is 0 Å². The first-order chi connectivity index (χ1) is 5.43. The predicted octanol–water partition coefficient (Wildman–Crippen LogP) is 0.401. The minimum atomic E-state index is 0.555. The van der Waals surface area contributed by atoms with Gasteiger partial charge in [0.1, 0.15) is 0 Å². The minimum Gasteiger partial charge on any atom is -0.385 e. The smallest absolute Gasteiger partial charge is 0.0620 e. The van der Waals surface area contributed by atoms with Gasteiger partial charge < -0.3 is 14.8 Å². The molecule has 11 heavy (non-hydrogen) atoms. The summed E-state index contributed by atoms with van der Waals surface area (Å²) in [5.41, 5.74) is 0. The van der Waals surface area contributed by atoms with Gasteiger partial charge in [-0.05, 0) is 12.8 Å². The third-order valence-electron chi connectivity index (χ3n) is 1.90. The number of nitrogens with one attached hydrogen (secondary N) is 1. The van der Waals surface area contributed by atoms with Gasteiger partial charge in [-0.3, -0.25) is 0 Å². The maximum Gasteiger partial charge on any atom is 0.0620 e. The molecule has 1 aliphatic heterocycles. The normalized spacial score (nSPS) is 25.4. The van der Waals surface area contributed by atoms with E-state index in [1.165, 1.54) is 0 Å². The van der Waals surface area contributed by atoms with E-state index in [9.17, 15) is 0 Å². The molecule has 1 N–H and O–H groups in total. The van der Waals surface area contributed by atoms with E-state index in [-0.39, 0.29) is 0 Å². The molecule has 0 aromatic carbocycles. The van der Waals surface area contributed by atoms with Crippen LogP contribution in [0, 0.1) is 0 Å². The van der Waals surface area contributed by atoms with Crippen molar-refractivity contribution >= 4 is 0 Å². The van der Waals surface area contributed by atoms with Crippen molar-refractivity contribution in [2.24, 2.45) is 0 Å². The summed E-state index contributed by atoms with van der Waals surface area (Å²) in [5.74, 6) is 0. The Labute approximate surface area is 68.1 Å². The van der Waals surface area contributed by atoms with Gasteiger partial charge in [0.15, 0.2) is 0 Å². The molecule has 0 aromatic heterocycles. The molecule has 1 fully saturated rings. The lowest BCUT2D eigenvalue weighted by Crippen LogP contribution is -2.41. The van der Waals surface area contributed by atoms with Crippen LogP contribution in [-0.4, -0.2) is 39.5 Å². The summed E-state index contributed by atoms with van der Waals surface area (Å²) in [6.07, 6.45) is 2.28. The molecular weight excluding hydrogens is 142 g/mol. The fraction of sp³-hybridized carbons (Fsp3) is 1.00. The van der Waals surface area contributed by atoms with Crippen LogP contribution >= 0.6 is 0 Å². The Balaban J connectivity index is 1.96. The molecule has 1 rings (SSSR count). The van der Waals surface area contributed by atoms with E-state index >= 15 is 0 Å². The highest BCUT2D eigenvalue weighted by molar-refractivity contribution is 4.69. The molecule has 0 spiro atoms. The van der Waals surface area contributed by atoms with Crippen molar-refractivity contribution in [1.82, 2.24) is 5.32 Å². The van der Waals surface area contributed by atoms with Gasteiger partial charge in [0.2, 0.25) is 0 Å². The zero-order chi connectivity index (χ0) is 7.94. The lowest BCUT2D eigenvalue weighted by molar-refractivity contribution is 0.0703. The van der Waals surface area contributed by atoms with E-state index in [1.54, 1.807) is 7.11 Å². The van der Waals surface area contributed by atoms with Crippen molar-refractivity contribution in [3.05, 3.63) is 0 Å². The Morgan fingerprint density at radius 3 is 3.18 bits per heavy atom. The first-order valence-electron chi connectivity index (χ1n) is 4.23. The highest BCUT2D eigenvalue weighted by atomic mass is 16.5. The average molecular weight is 159 g/mol. The van der Waals surface area contributed by atoms with Crippen molar-refractivity contribution in [1.29, 1.82) is 0 Å². The van der Waals surface area contributed by atoms with Crippen molar-refractivity contribution in [2.45, 2.75) is 18.9 Å². The van der Waals surface area contributed by atoms with Crippen LogP contribution in [0.15, 0.2) is 0 Å². The molecule has 0 radical (unpaired) electrons. The molecule has 0 bridgehead atoms. The zero-order valence-corrected chi connectivity index (χ0v) is 7.14. The maximum absolute atomic E-state index is 5.31. The third-order valence-corrected chi connectivity index (χ3v) is 1.90. The van der Waals surface area contributed by atoms with Crippen molar-refractivity contribution in [3.63, 3.8) is 0 Å². The van der Waals surface area contributed by atoms with Gasteiger partial charge in [0.25, 0.3) is 0 Å². The number of hydrogen-bond donors (Lipinski definition) is 1. The summed E-state index contributed by atoms with van der Waals surface area (Å²) < 4.78 is 10.3. The number of ether oxygens (including phenoxy) is 2. The summed E-state index contributed by atoms with van der Waals surface area (Å²) in [5, 5.41) is 3.40. The minimum absolute atomic E-state index is 0.555. The molecule has 1 heterocycles. The second-order valence-electron chi connectivity index (χ2n) is 2.86. The lowest BCUT2D eigenvalue weighted by atomic mass is 10.1. The van der Waals surface area contributed by atoms with Crippen LogP contribution in [0.1, 0.15) is 12.8 Å². The monoisotopic (exact) mass is 159 g/mol. The first kappa shape index (κ1) is 8.97. The summed E-state index contributed by atoms with van der Waals surface area (Å²) in [4.78, 5) is 0. The molecule has 1 atom stereocenters. The fourth-order valence-electron chi connectivity index (χ4n) is 1.28. The van der Waals surface area contributed by atoms with Crippen LogP contribution in [-0.2, 0) is 9.47 Å². The van der Waals surface area contributed by atoms with Crippen LogP contribution in [0.25, 0.3) is 0 Å². The van der Waals surface area contributed by atoms with E-state index < -0.39 is 0 Å². The van der Waals surface area contributed by atoms with Crippen LogP contribution in [0.4, 0.5) is 0 Å². The topological polar surface area (TPSA) is 30.5 Å². The highest BCUT2D eigenvalue weighted by Gasteiger charge is 2.11. The molecule has 1 unspecified atom stereocenters. The Morgan fingerprint density at radius 1 is 1.64 bits per heavy atom. The molecule has 1 aliphatic rings. The third kappa shape index (κ3) is 3.70. The Morgan fingerprint density at radius 2 is 2.55 bits per heavy atom. The second-order valence-corrected chi connectivity index (χ2v) is 2.86. The van der Waals surface area contributed by atoms with Crippen molar-refractivity contribution < 1.29 is 9.47 Å². The van der Waals surface area contributed by atoms with Gasteiger partial charge in [-0.2, -0.15) is 0 Å². The molecule has 3 nitrogen and oxygen atoms in total. The summed E-state index contributed by atoms with van der Waals surface area (Å²) in [6.45, 7) is 3.58. The quantitative estimate of drug-likeness (QED) is 0.602. The predicted molar refractivity (Wildman–Crippen MR) is 43.7 cm³/mol. The fourth-order valence-corrected chi connectivity index (χ4v) is 1.28. The van der Waals surface area contributed by atoms with Crippen LogP contribution < -0.4 is 5.32 Å². The summed E-state index contributed by atoms with van der Waals surface area (Å²) >= 11 is 0. The lowest BCUT2D eigenvalue weighted by Gasteiger charge is -2.23. The standard InChI is InChI=1S/C8H17NO2/c1-10-5-2-3-8-7-11-6-4-9-8/h8-9H,2-7H2,1H3. The molecular formula is C8H17NO2. The van der Waals surface area contributed by atoms with Gasteiger partial charge in [-0.25, -0.2) is 0 Å². The van der Waals surface area contributed by atoms with Gasteiger partial charge in [0, 0.05) is 26.3 Å². The molecule has 0 aliphatic carbocycles. The Hall–Kier alpha value is -0.120. The van der Waals surface area contributed by atoms with Gasteiger partial charge in [0.05, 0.1) is 13.2 Å². The van der Waals surface area contributed by atoms with Crippen LogP contribution in [0.5, 0.6) is 0 Å². The Kier molecular flexibility index (Phi) is 4.50. The number of hydrogen-bond acceptors (Lipinski definition) is 3.